The van der Waals surface area contributed by atoms with Crippen LogP contribution in [0.5, 0.6) is 0 Å². The van der Waals surface area contributed by atoms with E-state index >= 15 is 0 Å². The van der Waals surface area contributed by atoms with Gasteiger partial charge in [-0.3, -0.25) is 0 Å². The Morgan fingerprint density at radius 2 is 2.00 bits per heavy atom. The molecule has 0 aromatic carbocycles. The number of hydrogen-bond acceptors (Lipinski definition) is 5. The third-order valence-corrected chi connectivity index (χ3v) is 4.21. The van der Waals surface area contributed by atoms with Gasteiger partial charge in [-0.05, 0) is 20.8 Å². The average Bonchev–Trinajstić information content (AvgIpc) is 2.20. The van der Waals surface area contributed by atoms with Crippen LogP contribution in [0.1, 0.15) is 20.8 Å². The molecule has 1 amide bonds. The third kappa shape index (κ3) is 10.5. The van der Waals surface area contributed by atoms with Crippen molar-refractivity contribution in [2.45, 2.75) is 26.4 Å². The van der Waals surface area contributed by atoms with Crippen LogP contribution in [0.15, 0.2) is 12.0 Å². The lowest BCUT2D eigenvalue weighted by atomic mass is 10.2. The van der Waals surface area contributed by atoms with Gasteiger partial charge in [0.1, 0.15) is 5.60 Å². The first-order valence-electron chi connectivity index (χ1n) is 5.56. The highest BCUT2D eigenvalue weighted by molar-refractivity contribution is 8.01. The number of amides is 1. The fraction of sp³-hybridized carbons (Fsp3) is 0.727. The van der Waals surface area contributed by atoms with Crippen LogP contribution < -0.4 is 5.32 Å². The van der Waals surface area contributed by atoms with E-state index in [2.05, 4.69) is 11.9 Å². The maximum absolute atomic E-state index is 11.2. The number of sulfone groups is 1. The van der Waals surface area contributed by atoms with Gasteiger partial charge in [0.15, 0.2) is 9.84 Å². The molecular weight excluding hydrogens is 274 g/mol. The molecule has 0 radical (unpaired) electrons. The molecule has 0 saturated heterocycles. The lowest BCUT2D eigenvalue weighted by Gasteiger charge is -2.19. The van der Waals surface area contributed by atoms with Crippen LogP contribution in [-0.4, -0.2) is 43.9 Å². The quantitative estimate of drug-likeness (QED) is 0.725. The summed E-state index contributed by atoms with van der Waals surface area (Å²) in [6.07, 6.45) is -0.457. The molecule has 0 aromatic heterocycles. The number of ether oxygens (including phenoxy) is 1. The Morgan fingerprint density at radius 1 is 1.39 bits per heavy atom. The van der Waals surface area contributed by atoms with Gasteiger partial charge in [0.25, 0.3) is 0 Å². The minimum atomic E-state index is -3.12. The van der Waals surface area contributed by atoms with Crippen LogP contribution in [0.2, 0.25) is 0 Å². The Bertz CT molecular complexity index is 371. The van der Waals surface area contributed by atoms with Crippen molar-refractivity contribution in [1.29, 1.82) is 0 Å². The molecule has 0 heterocycles. The number of carbonyl (C=O) groups is 1. The molecule has 0 spiro atoms. The van der Waals surface area contributed by atoms with Gasteiger partial charge >= 0.3 is 6.09 Å². The zero-order valence-corrected chi connectivity index (χ0v) is 12.7. The highest BCUT2D eigenvalue weighted by atomic mass is 32.2. The average molecular weight is 295 g/mol. The first kappa shape index (κ1) is 17.3. The van der Waals surface area contributed by atoms with Crippen LogP contribution in [-0.2, 0) is 14.6 Å². The number of alkyl carbamates (subject to hydrolysis) is 1. The largest absolute Gasteiger partial charge is 0.444 e. The lowest BCUT2D eigenvalue weighted by Crippen LogP contribution is -2.33. The van der Waals surface area contributed by atoms with Gasteiger partial charge in [0.05, 0.1) is 5.75 Å². The van der Waals surface area contributed by atoms with E-state index in [4.69, 9.17) is 4.74 Å². The van der Waals surface area contributed by atoms with E-state index in [-0.39, 0.29) is 5.75 Å². The minimum Gasteiger partial charge on any atom is -0.444 e. The second-order valence-electron chi connectivity index (χ2n) is 4.57. The molecule has 1 N–H and O–H groups in total. The van der Waals surface area contributed by atoms with Crippen molar-refractivity contribution < 1.29 is 17.9 Å². The van der Waals surface area contributed by atoms with Crippen LogP contribution in [0.25, 0.3) is 0 Å². The first-order valence-corrected chi connectivity index (χ1v) is 8.43. The second-order valence-corrected chi connectivity index (χ2v) is 7.87. The van der Waals surface area contributed by atoms with Crippen molar-refractivity contribution in [2.75, 3.05) is 23.8 Å². The molecule has 5 nitrogen and oxygen atoms in total. The molecule has 0 atom stereocenters. The highest BCUT2D eigenvalue weighted by Crippen LogP contribution is 2.06. The molecule has 18 heavy (non-hydrogen) atoms. The monoisotopic (exact) mass is 295 g/mol. The summed E-state index contributed by atoms with van der Waals surface area (Å²) in [6.45, 7) is 9.07. The van der Waals surface area contributed by atoms with E-state index in [0.29, 0.717) is 18.1 Å². The van der Waals surface area contributed by atoms with Crippen molar-refractivity contribution >= 4 is 27.7 Å². The number of hydrogen-bond donors (Lipinski definition) is 1. The first-order chi connectivity index (χ1) is 8.16. The van der Waals surface area contributed by atoms with Crippen molar-refractivity contribution in [3.05, 3.63) is 12.0 Å². The van der Waals surface area contributed by atoms with Gasteiger partial charge in [-0.2, -0.15) is 11.8 Å². The molecule has 0 aliphatic rings. The van der Waals surface area contributed by atoms with Crippen LogP contribution in [0, 0.1) is 0 Å². The number of thioether (sulfide) groups is 1. The predicted molar refractivity (Wildman–Crippen MR) is 75.5 cm³/mol. The zero-order valence-electron chi connectivity index (χ0n) is 11.1. The lowest BCUT2D eigenvalue weighted by molar-refractivity contribution is 0.0531. The standard InChI is InChI=1S/C11H21NO4S2/c1-5-18(14,15)9-8-17-7-6-12-10(13)16-11(2,3)4/h5H,1,6-9H2,2-4H3,(H,12,13). The molecule has 0 bridgehead atoms. The van der Waals surface area contributed by atoms with E-state index in [0.717, 1.165) is 5.41 Å². The summed E-state index contributed by atoms with van der Waals surface area (Å²) < 4.78 is 27.2. The third-order valence-electron chi connectivity index (χ3n) is 1.68. The molecule has 0 aliphatic carbocycles. The summed E-state index contributed by atoms with van der Waals surface area (Å²) in [5, 5.41) is 3.56. The summed E-state index contributed by atoms with van der Waals surface area (Å²) in [6, 6.07) is 0. The van der Waals surface area contributed by atoms with Gasteiger partial charge in [-0.25, -0.2) is 13.2 Å². The maximum Gasteiger partial charge on any atom is 0.407 e. The summed E-state index contributed by atoms with van der Waals surface area (Å²) in [5.41, 5.74) is -0.505. The van der Waals surface area contributed by atoms with E-state index in [1.807, 2.05) is 0 Å². The maximum atomic E-state index is 11.2. The van der Waals surface area contributed by atoms with Gasteiger partial charge in [-0.1, -0.05) is 6.58 Å². The normalized spacial score (nSPS) is 11.9. The van der Waals surface area contributed by atoms with Crippen molar-refractivity contribution in [3.8, 4) is 0 Å². The second kappa shape index (κ2) is 7.68. The van der Waals surface area contributed by atoms with Crippen LogP contribution in [0.4, 0.5) is 4.79 Å². The molecule has 0 unspecified atom stereocenters. The molecule has 0 aliphatic heterocycles. The molecule has 106 valence electrons. The van der Waals surface area contributed by atoms with E-state index in [9.17, 15) is 13.2 Å². The Morgan fingerprint density at radius 3 is 2.50 bits per heavy atom. The number of rotatable bonds is 7. The molecule has 0 saturated carbocycles. The number of nitrogens with one attached hydrogen (secondary N) is 1. The molecule has 0 aromatic rings. The van der Waals surface area contributed by atoms with Gasteiger partial charge < -0.3 is 10.1 Å². The summed E-state index contributed by atoms with van der Waals surface area (Å²) >= 11 is 1.46. The van der Waals surface area contributed by atoms with Gasteiger partial charge in [0, 0.05) is 23.5 Å². The van der Waals surface area contributed by atoms with Gasteiger partial charge in [-0.15, -0.1) is 0 Å². The fourth-order valence-electron chi connectivity index (χ4n) is 0.900. The Labute approximate surface area is 113 Å². The fourth-order valence-corrected chi connectivity index (χ4v) is 2.92. The molecule has 7 heteroatoms. The smallest absolute Gasteiger partial charge is 0.407 e. The van der Waals surface area contributed by atoms with Crippen molar-refractivity contribution in [3.63, 3.8) is 0 Å². The Hall–Kier alpha value is -0.690. The Kier molecular flexibility index (Phi) is 7.39. The highest BCUT2D eigenvalue weighted by Gasteiger charge is 2.15. The Balaban J connectivity index is 3.58. The SMILES string of the molecule is C=CS(=O)(=O)CCSCCNC(=O)OC(C)(C)C. The molecular formula is C11H21NO4S2. The van der Waals surface area contributed by atoms with Crippen LogP contribution >= 0.6 is 11.8 Å². The summed E-state index contributed by atoms with van der Waals surface area (Å²) in [7, 11) is -3.12. The minimum absolute atomic E-state index is 0.0770. The van der Waals surface area contributed by atoms with Gasteiger partial charge in [0.2, 0.25) is 0 Å². The molecule has 0 fully saturated rings. The van der Waals surface area contributed by atoms with Crippen molar-refractivity contribution in [2.24, 2.45) is 0 Å². The van der Waals surface area contributed by atoms with E-state index < -0.39 is 21.5 Å². The topological polar surface area (TPSA) is 72.5 Å². The molecule has 0 rings (SSSR count). The summed E-state index contributed by atoms with van der Waals surface area (Å²) in [5.74, 6) is 1.21. The van der Waals surface area contributed by atoms with E-state index in [1.54, 1.807) is 20.8 Å². The van der Waals surface area contributed by atoms with Crippen LogP contribution in [0.3, 0.4) is 0 Å². The van der Waals surface area contributed by atoms with E-state index in [1.165, 1.54) is 11.8 Å². The predicted octanol–water partition coefficient (Wildman–Crippen LogP) is 1.80. The van der Waals surface area contributed by atoms with Crippen molar-refractivity contribution in [1.82, 2.24) is 5.32 Å². The number of carbonyl (C=O) groups excluding carboxylic acids is 1. The zero-order chi connectivity index (χ0) is 14.2. The summed E-state index contributed by atoms with van der Waals surface area (Å²) in [4.78, 5) is 11.2.